The maximum absolute atomic E-state index is 11.5. The normalized spacial score (nSPS) is 10.1. The van der Waals surface area contributed by atoms with Crippen molar-refractivity contribution in [3.63, 3.8) is 0 Å². The summed E-state index contributed by atoms with van der Waals surface area (Å²) < 4.78 is 4.97. The Kier molecular flexibility index (Phi) is 4.71. The second kappa shape index (κ2) is 5.59. The molecule has 15 heavy (non-hydrogen) atoms. The highest BCUT2D eigenvalue weighted by Crippen LogP contribution is 2.31. The van der Waals surface area contributed by atoms with Crippen LogP contribution in [0.5, 0.6) is 5.75 Å². The second-order valence-electron chi connectivity index (χ2n) is 2.83. The van der Waals surface area contributed by atoms with Gasteiger partial charge in [0.1, 0.15) is 5.75 Å². The Hall–Kier alpha value is -0.440. The van der Waals surface area contributed by atoms with Crippen LogP contribution >= 0.6 is 34.8 Å². The fourth-order valence-electron chi connectivity index (χ4n) is 1.12. The Morgan fingerprint density at radius 1 is 1.33 bits per heavy atom. The molecule has 0 bridgehead atoms. The molecule has 0 amide bonds. The summed E-state index contributed by atoms with van der Waals surface area (Å²) in [5.74, 6) is 0.586. The van der Waals surface area contributed by atoms with Crippen molar-refractivity contribution in [3.05, 3.63) is 27.7 Å². The van der Waals surface area contributed by atoms with Crippen LogP contribution in [0.1, 0.15) is 16.8 Å². The molecule has 0 fully saturated rings. The minimum atomic E-state index is -0.125. The number of carbonyl (C=O) groups is 1. The minimum Gasteiger partial charge on any atom is -0.495 e. The van der Waals surface area contributed by atoms with Crippen molar-refractivity contribution in [2.24, 2.45) is 0 Å². The van der Waals surface area contributed by atoms with E-state index in [1.165, 1.54) is 19.2 Å². The van der Waals surface area contributed by atoms with E-state index in [9.17, 15) is 4.79 Å². The summed E-state index contributed by atoms with van der Waals surface area (Å²) in [6, 6.07) is 3.02. The number of alkyl halides is 1. The quantitative estimate of drug-likeness (QED) is 0.612. The lowest BCUT2D eigenvalue weighted by Gasteiger charge is -2.07. The highest BCUT2D eigenvalue weighted by molar-refractivity contribution is 6.37. The molecule has 1 aromatic rings. The third kappa shape index (κ3) is 3.00. The molecule has 0 spiro atoms. The summed E-state index contributed by atoms with van der Waals surface area (Å²) >= 11 is 17.3. The predicted octanol–water partition coefficient (Wildman–Crippen LogP) is 3.81. The van der Waals surface area contributed by atoms with Gasteiger partial charge in [-0.2, -0.15) is 0 Å². The average molecular weight is 268 g/mol. The molecule has 0 atom stereocenters. The van der Waals surface area contributed by atoms with E-state index in [-0.39, 0.29) is 18.1 Å². The van der Waals surface area contributed by atoms with Crippen molar-refractivity contribution in [3.8, 4) is 5.75 Å². The molecule has 1 aromatic carbocycles. The number of carbonyl (C=O) groups excluding carboxylic acids is 1. The molecule has 0 saturated heterocycles. The standard InChI is InChI=1S/C10H9Cl3O2/c1-15-10-5-7(12)6(4-8(10)13)9(14)2-3-11/h4-5H,2-3H2,1H3. The zero-order chi connectivity index (χ0) is 11.4. The number of benzene rings is 1. The lowest BCUT2D eigenvalue weighted by molar-refractivity contribution is 0.0989. The van der Waals surface area contributed by atoms with Crippen LogP contribution in [0.25, 0.3) is 0 Å². The molecule has 0 radical (unpaired) electrons. The van der Waals surface area contributed by atoms with E-state index in [0.717, 1.165) is 0 Å². The highest BCUT2D eigenvalue weighted by atomic mass is 35.5. The lowest BCUT2D eigenvalue weighted by atomic mass is 10.1. The van der Waals surface area contributed by atoms with Gasteiger partial charge in [0.15, 0.2) is 5.78 Å². The largest absolute Gasteiger partial charge is 0.495 e. The molecular weight excluding hydrogens is 258 g/mol. The van der Waals surface area contributed by atoms with Crippen molar-refractivity contribution in [2.45, 2.75) is 6.42 Å². The van der Waals surface area contributed by atoms with Crippen LogP contribution in [-0.2, 0) is 0 Å². The molecule has 0 aliphatic rings. The van der Waals surface area contributed by atoms with Gasteiger partial charge < -0.3 is 4.74 Å². The average Bonchev–Trinajstić information content (AvgIpc) is 2.21. The number of hydrogen-bond acceptors (Lipinski definition) is 2. The smallest absolute Gasteiger partial charge is 0.165 e. The SMILES string of the molecule is COc1cc(Cl)c(C(=O)CCCl)cc1Cl. The molecular formula is C10H9Cl3O2. The first-order valence-electron chi connectivity index (χ1n) is 4.22. The van der Waals surface area contributed by atoms with Gasteiger partial charge in [0.05, 0.1) is 17.2 Å². The maximum atomic E-state index is 11.5. The van der Waals surface area contributed by atoms with Gasteiger partial charge in [-0.05, 0) is 6.07 Å². The molecule has 2 nitrogen and oxygen atoms in total. The third-order valence-electron chi connectivity index (χ3n) is 1.86. The van der Waals surface area contributed by atoms with Crippen molar-refractivity contribution >= 4 is 40.6 Å². The Labute approximate surface area is 103 Å². The first kappa shape index (κ1) is 12.6. The molecule has 0 N–H and O–H groups in total. The minimum absolute atomic E-state index is 0.125. The van der Waals surface area contributed by atoms with Crippen molar-refractivity contribution in [1.82, 2.24) is 0 Å². The van der Waals surface area contributed by atoms with Gasteiger partial charge in [0.25, 0.3) is 0 Å². The van der Waals surface area contributed by atoms with E-state index in [4.69, 9.17) is 39.5 Å². The molecule has 5 heteroatoms. The van der Waals surface area contributed by atoms with Crippen LogP contribution < -0.4 is 4.74 Å². The summed E-state index contributed by atoms with van der Waals surface area (Å²) in [7, 11) is 1.48. The maximum Gasteiger partial charge on any atom is 0.165 e. The number of methoxy groups -OCH3 is 1. The first-order chi connectivity index (χ1) is 7.10. The zero-order valence-corrected chi connectivity index (χ0v) is 10.3. The van der Waals surface area contributed by atoms with E-state index in [2.05, 4.69) is 0 Å². The fraction of sp³-hybridized carbons (Fsp3) is 0.300. The topological polar surface area (TPSA) is 26.3 Å². The van der Waals surface area contributed by atoms with E-state index in [0.29, 0.717) is 21.4 Å². The van der Waals surface area contributed by atoms with Gasteiger partial charge in [-0.25, -0.2) is 0 Å². The molecule has 0 aliphatic heterocycles. The number of hydrogen-bond donors (Lipinski definition) is 0. The number of halogens is 3. The zero-order valence-electron chi connectivity index (χ0n) is 8.02. The Bertz CT molecular complexity index is 377. The third-order valence-corrected chi connectivity index (χ3v) is 2.66. The number of ether oxygens (including phenoxy) is 1. The highest BCUT2D eigenvalue weighted by Gasteiger charge is 2.13. The predicted molar refractivity (Wildman–Crippen MR) is 62.7 cm³/mol. The number of ketones is 1. The summed E-state index contributed by atoms with van der Waals surface area (Å²) in [6.45, 7) is 0. The molecule has 0 heterocycles. The molecule has 0 unspecified atom stereocenters. The molecule has 0 aliphatic carbocycles. The number of Topliss-reactive ketones (excluding diaryl/α,β-unsaturated/α-hetero) is 1. The van der Waals surface area contributed by atoms with Gasteiger partial charge in [-0.1, -0.05) is 23.2 Å². The van der Waals surface area contributed by atoms with Crippen molar-refractivity contribution < 1.29 is 9.53 Å². The summed E-state index contributed by atoms with van der Waals surface area (Å²) in [5.41, 5.74) is 0.378. The van der Waals surface area contributed by atoms with Crippen LogP contribution in [0.4, 0.5) is 0 Å². The van der Waals surface area contributed by atoms with Crippen LogP contribution in [0.2, 0.25) is 10.0 Å². The van der Waals surface area contributed by atoms with Gasteiger partial charge in [0.2, 0.25) is 0 Å². The second-order valence-corrected chi connectivity index (χ2v) is 4.02. The summed E-state index contributed by atoms with van der Waals surface area (Å²) in [4.78, 5) is 11.5. The monoisotopic (exact) mass is 266 g/mol. The van der Waals surface area contributed by atoms with Crippen LogP contribution in [0.15, 0.2) is 12.1 Å². The summed E-state index contributed by atoms with van der Waals surface area (Å²) in [5, 5.41) is 0.686. The van der Waals surface area contributed by atoms with Gasteiger partial charge >= 0.3 is 0 Å². The Morgan fingerprint density at radius 3 is 2.53 bits per heavy atom. The van der Waals surface area contributed by atoms with E-state index >= 15 is 0 Å². The number of rotatable bonds is 4. The van der Waals surface area contributed by atoms with Crippen LogP contribution in [0, 0.1) is 0 Å². The van der Waals surface area contributed by atoms with E-state index in [1.807, 2.05) is 0 Å². The van der Waals surface area contributed by atoms with E-state index in [1.54, 1.807) is 0 Å². The summed E-state index contributed by atoms with van der Waals surface area (Å²) in [6.07, 6.45) is 0.240. The molecule has 82 valence electrons. The van der Waals surface area contributed by atoms with E-state index < -0.39 is 0 Å². The van der Waals surface area contributed by atoms with Crippen LogP contribution in [-0.4, -0.2) is 18.8 Å². The fourth-order valence-corrected chi connectivity index (χ4v) is 1.79. The van der Waals surface area contributed by atoms with Crippen molar-refractivity contribution in [1.29, 1.82) is 0 Å². The Balaban J connectivity index is 3.10. The lowest BCUT2D eigenvalue weighted by Crippen LogP contribution is -2.01. The first-order valence-corrected chi connectivity index (χ1v) is 5.51. The molecule has 1 rings (SSSR count). The Morgan fingerprint density at radius 2 is 2.00 bits per heavy atom. The van der Waals surface area contributed by atoms with Crippen molar-refractivity contribution in [2.75, 3.05) is 13.0 Å². The molecule has 0 aromatic heterocycles. The van der Waals surface area contributed by atoms with Gasteiger partial charge in [-0.3, -0.25) is 4.79 Å². The van der Waals surface area contributed by atoms with Gasteiger partial charge in [0, 0.05) is 23.9 Å². The van der Waals surface area contributed by atoms with Gasteiger partial charge in [-0.15, -0.1) is 11.6 Å². The van der Waals surface area contributed by atoms with Crippen LogP contribution in [0.3, 0.4) is 0 Å². The molecule has 0 saturated carbocycles.